The Bertz CT molecular complexity index is 579. The maximum atomic E-state index is 11.0. The lowest BCUT2D eigenvalue weighted by Gasteiger charge is -2.09. The van der Waals surface area contributed by atoms with Gasteiger partial charge in [-0.1, -0.05) is 12.8 Å². The molecule has 1 aliphatic carbocycles. The van der Waals surface area contributed by atoms with Crippen LogP contribution in [0.3, 0.4) is 0 Å². The van der Waals surface area contributed by atoms with Crippen LogP contribution in [0.4, 0.5) is 0 Å². The molecule has 0 bridgehead atoms. The molecule has 1 N–H and O–H groups in total. The second-order valence-electron chi connectivity index (χ2n) is 5.05. The Hall–Kier alpha value is -2.04. The van der Waals surface area contributed by atoms with Crippen molar-refractivity contribution in [1.82, 2.24) is 14.3 Å². The van der Waals surface area contributed by atoms with E-state index in [0.717, 1.165) is 5.69 Å². The lowest BCUT2D eigenvalue weighted by Crippen LogP contribution is -2.10. The number of carboxylic acid groups (broad SMARTS) is 1. The van der Waals surface area contributed by atoms with Crippen molar-refractivity contribution < 1.29 is 9.90 Å². The van der Waals surface area contributed by atoms with Crippen molar-refractivity contribution in [3.63, 3.8) is 0 Å². The second-order valence-corrected chi connectivity index (χ2v) is 5.05. The summed E-state index contributed by atoms with van der Waals surface area (Å²) in [6.45, 7) is 0.508. The first-order valence-electron chi connectivity index (χ1n) is 6.66. The van der Waals surface area contributed by atoms with Crippen molar-refractivity contribution in [2.24, 2.45) is 0 Å². The zero-order chi connectivity index (χ0) is 13.2. The summed E-state index contributed by atoms with van der Waals surface area (Å²) in [5.74, 6) is -0.903. The van der Waals surface area contributed by atoms with Gasteiger partial charge in [-0.25, -0.2) is 4.79 Å². The van der Waals surface area contributed by atoms with Gasteiger partial charge in [-0.3, -0.25) is 4.68 Å². The fourth-order valence-electron chi connectivity index (χ4n) is 2.75. The van der Waals surface area contributed by atoms with Crippen molar-refractivity contribution in [2.75, 3.05) is 0 Å². The first-order chi connectivity index (χ1) is 9.24. The molecular weight excluding hydrogens is 242 g/mol. The van der Waals surface area contributed by atoms with Crippen LogP contribution in [-0.4, -0.2) is 25.4 Å². The van der Waals surface area contributed by atoms with E-state index in [-0.39, 0.29) is 0 Å². The predicted octanol–water partition coefficient (Wildman–Crippen LogP) is 2.55. The van der Waals surface area contributed by atoms with Gasteiger partial charge in [0.15, 0.2) is 0 Å². The topological polar surface area (TPSA) is 60.0 Å². The van der Waals surface area contributed by atoms with E-state index in [1.165, 1.54) is 25.7 Å². The summed E-state index contributed by atoms with van der Waals surface area (Å²) in [4.78, 5) is 11.0. The zero-order valence-corrected chi connectivity index (χ0v) is 10.7. The Morgan fingerprint density at radius 1 is 1.32 bits per heavy atom. The maximum Gasteiger partial charge on any atom is 0.352 e. The number of nitrogens with zero attached hydrogens (tertiary/aromatic N) is 3. The summed E-state index contributed by atoms with van der Waals surface area (Å²) >= 11 is 0. The van der Waals surface area contributed by atoms with Crippen LogP contribution in [0, 0.1) is 0 Å². The minimum absolute atomic E-state index is 0.301. The van der Waals surface area contributed by atoms with Gasteiger partial charge in [0.05, 0.1) is 18.3 Å². The van der Waals surface area contributed by atoms with Crippen molar-refractivity contribution >= 4 is 5.97 Å². The maximum absolute atomic E-state index is 11.0. The number of hydrogen-bond donors (Lipinski definition) is 1. The third kappa shape index (κ3) is 2.41. The molecule has 19 heavy (non-hydrogen) atoms. The number of rotatable bonds is 4. The van der Waals surface area contributed by atoms with Crippen LogP contribution < -0.4 is 0 Å². The number of hydrogen-bond acceptors (Lipinski definition) is 2. The molecule has 0 saturated heterocycles. The highest BCUT2D eigenvalue weighted by Gasteiger charge is 2.18. The molecule has 3 rings (SSSR count). The van der Waals surface area contributed by atoms with Crippen molar-refractivity contribution in [3.05, 3.63) is 42.0 Å². The van der Waals surface area contributed by atoms with Crippen molar-refractivity contribution in [1.29, 1.82) is 0 Å². The van der Waals surface area contributed by atoms with E-state index < -0.39 is 5.97 Å². The van der Waals surface area contributed by atoms with Gasteiger partial charge in [-0.15, -0.1) is 0 Å². The molecule has 0 aliphatic heterocycles. The minimum atomic E-state index is -0.903. The van der Waals surface area contributed by atoms with Gasteiger partial charge in [-0.05, 0) is 31.0 Å². The van der Waals surface area contributed by atoms with Gasteiger partial charge in [0.2, 0.25) is 0 Å². The van der Waals surface area contributed by atoms with Crippen LogP contribution in [-0.2, 0) is 6.54 Å². The van der Waals surface area contributed by atoms with Gasteiger partial charge in [0.25, 0.3) is 0 Å². The average Bonchev–Trinajstić information content (AvgIpc) is 3.09. The first kappa shape index (κ1) is 12.0. The molecule has 0 spiro atoms. The lowest BCUT2D eigenvalue weighted by molar-refractivity contribution is 0.0685. The quantitative estimate of drug-likeness (QED) is 0.917. The third-order valence-corrected chi connectivity index (χ3v) is 3.74. The SMILES string of the molecule is O=C(O)c1cccn1Cc1ccn(C2CCCC2)n1. The third-order valence-electron chi connectivity index (χ3n) is 3.74. The fourth-order valence-corrected chi connectivity index (χ4v) is 2.75. The normalized spacial score (nSPS) is 16.0. The summed E-state index contributed by atoms with van der Waals surface area (Å²) in [6, 6.07) is 5.86. The first-order valence-corrected chi connectivity index (χ1v) is 6.66. The van der Waals surface area contributed by atoms with Gasteiger partial charge in [-0.2, -0.15) is 5.10 Å². The van der Waals surface area contributed by atoms with Crippen molar-refractivity contribution in [3.8, 4) is 0 Å². The molecule has 0 atom stereocenters. The molecule has 5 nitrogen and oxygen atoms in total. The Balaban J connectivity index is 1.76. The fraction of sp³-hybridized carbons (Fsp3) is 0.429. The molecule has 2 heterocycles. The lowest BCUT2D eigenvalue weighted by atomic mass is 10.3. The molecule has 0 unspecified atom stereocenters. The molecule has 1 fully saturated rings. The van der Waals surface area contributed by atoms with E-state index >= 15 is 0 Å². The van der Waals surface area contributed by atoms with E-state index in [1.54, 1.807) is 22.9 Å². The van der Waals surface area contributed by atoms with Crippen molar-refractivity contribution in [2.45, 2.75) is 38.3 Å². The molecule has 5 heteroatoms. The average molecular weight is 259 g/mol. The summed E-state index contributed by atoms with van der Waals surface area (Å²) in [5.41, 5.74) is 1.21. The molecule has 2 aromatic heterocycles. The molecule has 0 aromatic carbocycles. The molecule has 1 saturated carbocycles. The zero-order valence-electron chi connectivity index (χ0n) is 10.7. The Morgan fingerprint density at radius 3 is 2.84 bits per heavy atom. The summed E-state index contributed by atoms with van der Waals surface area (Å²) < 4.78 is 3.75. The predicted molar refractivity (Wildman–Crippen MR) is 70.2 cm³/mol. The van der Waals surface area contributed by atoms with Crippen LogP contribution in [0.25, 0.3) is 0 Å². The highest BCUT2D eigenvalue weighted by Crippen LogP contribution is 2.28. The Kier molecular flexibility index (Phi) is 3.11. The minimum Gasteiger partial charge on any atom is -0.477 e. The van der Waals surface area contributed by atoms with Crippen LogP contribution in [0.2, 0.25) is 0 Å². The largest absolute Gasteiger partial charge is 0.477 e. The highest BCUT2D eigenvalue weighted by molar-refractivity contribution is 5.85. The summed E-state index contributed by atoms with van der Waals surface area (Å²) in [6.07, 6.45) is 8.74. The second kappa shape index (κ2) is 4.91. The van der Waals surface area contributed by atoms with E-state index in [9.17, 15) is 4.79 Å². The number of carboxylic acids is 1. The van der Waals surface area contributed by atoms with Gasteiger partial charge in [0.1, 0.15) is 5.69 Å². The van der Waals surface area contributed by atoms with Gasteiger partial charge >= 0.3 is 5.97 Å². The number of carbonyl (C=O) groups is 1. The molecule has 100 valence electrons. The molecule has 2 aromatic rings. The smallest absolute Gasteiger partial charge is 0.352 e. The summed E-state index contributed by atoms with van der Waals surface area (Å²) in [7, 11) is 0. The van der Waals surface area contributed by atoms with Crippen LogP contribution in [0.5, 0.6) is 0 Å². The van der Waals surface area contributed by atoms with Crippen LogP contribution >= 0.6 is 0 Å². The molecule has 1 aliphatic rings. The summed E-state index contributed by atoms with van der Waals surface area (Å²) in [5, 5.41) is 13.6. The number of aromatic carboxylic acids is 1. The molecule has 0 amide bonds. The van der Waals surface area contributed by atoms with E-state index in [0.29, 0.717) is 18.3 Å². The van der Waals surface area contributed by atoms with E-state index in [4.69, 9.17) is 5.11 Å². The van der Waals surface area contributed by atoms with Gasteiger partial charge < -0.3 is 9.67 Å². The molecule has 0 radical (unpaired) electrons. The van der Waals surface area contributed by atoms with E-state index in [1.807, 2.05) is 16.9 Å². The van der Waals surface area contributed by atoms with Gasteiger partial charge in [0, 0.05) is 12.4 Å². The Morgan fingerprint density at radius 2 is 2.11 bits per heavy atom. The Labute approximate surface area is 111 Å². The number of aromatic nitrogens is 3. The van der Waals surface area contributed by atoms with Crippen LogP contribution in [0.15, 0.2) is 30.6 Å². The monoisotopic (exact) mass is 259 g/mol. The standard InChI is InChI=1S/C14H17N3O2/c18-14(19)13-6-3-8-16(13)10-11-7-9-17(15-11)12-4-1-2-5-12/h3,6-9,12H,1-2,4-5,10H2,(H,18,19). The highest BCUT2D eigenvalue weighted by atomic mass is 16.4. The molecular formula is C14H17N3O2. The van der Waals surface area contributed by atoms with Crippen LogP contribution in [0.1, 0.15) is 47.9 Å². The van der Waals surface area contributed by atoms with E-state index in [2.05, 4.69) is 5.10 Å².